The molecule has 0 aromatic carbocycles. The number of aromatic nitrogens is 2. The van der Waals surface area contributed by atoms with E-state index in [4.69, 9.17) is 4.74 Å². The molecule has 1 aromatic rings. The Balaban J connectivity index is 2.39. The van der Waals surface area contributed by atoms with Gasteiger partial charge in [0.15, 0.2) is 0 Å². The molecule has 2 heterocycles. The van der Waals surface area contributed by atoms with Crippen molar-refractivity contribution >= 4 is 11.7 Å². The number of aryl methyl sites for hydroxylation is 1. The monoisotopic (exact) mass is 375 g/mol. The number of hydrogen-bond donors (Lipinski definition) is 0. The summed E-state index contributed by atoms with van der Waals surface area (Å²) in [5, 5.41) is 3.98. The number of amides is 1. The average molecular weight is 375 g/mol. The summed E-state index contributed by atoms with van der Waals surface area (Å²) in [6, 6.07) is -0.635. The van der Waals surface area contributed by atoms with Crippen molar-refractivity contribution in [3.8, 4) is 0 Å². The molecule has 1 fully saturated rings. The number of halogens is 3. The van der Waals surface area contributed by atoms with Crippen molar-refractivity contribution in [3.05, 3.63) is 17.0 Å². The van der Waals surface area contributed by atoms with Gasteiger partial charge in [-0.1, -0.05) is 20.8 Å². The van der Waals surface area contributed by atoms with Gasteiger partial charge in [0, 0.05) is 23.2 Å². The molecule has 6 nitrogen and oxygen atoms in total. The zero-order valence-corrected chi connectivity index (χ0v) is 15.6. The highest BCUT2D eigenvalue weighted by atomic mass is 19.4. The highest BCUT2D eigenvalue weighted by Gasteiger charge is 2.39. The standard InChI is InChI=1S/C17H24F3N3O3/c1-10-13(11(2)23(21-10)9-17(18,19)20)12-8-26-7-6-22(12)15(25)14(24)16(3,4)5/h12H,6-9H2,1-5H3. The molecule has 2 rings (SSSR count). The van der Waals surface area contributed by atoms with Gasteiger partial charge < -0.3 is 9.64 Å². The highest BCUT2D eigenvalue weighted by molar-refractivity contribution is 6.37. The largest absolute Gasteiger partial charge is 0.408 e. The second-order valence-electron chi connectivity index (χ2n) is 7.53. The van der Waals surface area contributed by atoms with E-state index in [-0.39, 0.29) is 19.8 Å². The van der Waals surface area contributed by atoms with E-state index in [9.17, 15) is 22.8 Å². The van der Waals surface area contributed by atoms with Crippen LogP contribution in [0.2, 0.25) is 0 Å². The minimum atomic E-state index is -4.40. The summed E-state index contributed by atoms with van der Waals surface area (Å²) in [5.74, 6) is -1.18. The summed E-state index contributed by atoms with van der Waals surface area (Å²) in [6.45, 7) is 7.47. The molecule has 1 unspecified atom stereocenters. The van der Waals surface area contributed by atoms with Crippen LogP contribution in [0.1, 0.15) is 43.8 Å². The lowest BCUT2D eigenvalue weighted by molar-refractivity contribution is -0.154. The number of ketones is 1. The van der Waals surface area contributed by atoms with E-state index < -0.39 is 35.9 Å². The highest BCUT2D eigenvalue weighted by Crippen LogP contribution is 2.32. The molecular formula is C17H24F3N3O3. The maximum absolute atomic E-state index is 12.8. The van der Waals surface area contributed by atoms with Crippen molar-refractivity contribution in [3.63, 3.8) is 0 Å². The maximum atomic E-state index is 12.8. The fourth-order valence-corrected chi connectivity index (χ4v) is 3.05. The lowest BCUT2D eigenvalue weighted by Gasteiger charge is -2.36. The Bertz CT molecular complexity index is 705. The maximum Gasteiger partial charge on any atom is 0.408 e. The van der Waals surface area contributed by atoms with Crippen LogP contribution >= 0.6 is 0 Å². The van der Waals surface area contributed by atoms with Gasteiger partial charge in [0.1, 0.15) is 6.54 Å². The lowest BCUT2D eigenvalue weighted by atomic mass is 9.89. The molecule has 1 atom stereocenters. The molecule has 0 radical (unpaired) electrons. The molecule has 9 heteroatoms. The number of carbonyl (C=O) groups excluding carboxylic acids is 2. The molecule has 0 spiro atoms. The summed E-state index contributed by atoms with van der Waals surface area (Å²) in [5.41, 5.74) is 0.369. The van der Waals surface area contributed by atoms with Crippen LogP contribution in [0, 0.1) is 19.3 Å². The van der Waals surface area contributed by atoms with E-state index in [0.29, 0.717) is 17.0 Å². The third-order valence-electron chi connectivity index (χ3n) is 4.36. The van der Waals surface area contributed by atoms with Crippen molar-refractivity contribution in [1.29, 1.82) is 0 Å². The van der Waals surface area contributed by atoms with Gasteiger partial charge in [-0.05, 0) is 13.8 Å². The van der Waals surface area contributed by atoms with Gasteiger partial charge in [-0.25, -0.2) is 0 Å². The van der Waals surface area contributed by atoms with Crippen LogP contribution in [0.15, 0.2) is 0 Å². The Hall–Kier alpha value is -1.90. The van der Waals surface area contributed by atoms with Crippen molar-refractivity contribution < 1.29 is 27.5 Å². The fourth-order valence-electron chi connectivity index (χ4n) is 3.05. The van der Waals surface area contributed by atoms with E-state index in [2.05, 4.69) is 5.10 Å². The molecule has 1 amide bonds. The number of hydrogen-bond acceptors (Lipinski definition) is 4. The number of ether oxygens (including phenoxy) is 1. The number of carbonyl (C=O) groups is 2. The van der Waals surface area contributed by atoms with Crippen LogP contribution in [0.25, 0.3) is 0 Å². The molecule has 0 bridgehead atoms. The molecule has 26 heavy (non-hydrogen) atoms. The molecule has 1 aromatic heterocycles. The minimum absolute atomic E-state index is 0.114. The van der Waals surface area contributed by atoms with Crippen LogP contribution in [-0.4, -0.2) is 52.3 Å². The van der Waals surface area contributed by atoms with E-state index in [0.717, 1.165) is 4.68 Å². The van der Waals surface area contributed by atoms with Crippen LogP contribution < -0.4 is 0 Å². The van der Waals surface area contributed by atoms with Crippen LogP contribution in [0.5, 0.6) is 0 Å². The Morgan fingerprint density at radius 3 is 2.38 bits per heavy atom. The predicted molar refractivity (Wildman–Crippen MR) is 87.5 cm³/mol. The van der Waals surface area contributed by atoms with Crippen molar-refractivity contribution in [1.82, 2.24) is 14.7 Å². The quantitative estimate of drug-likeness (QED) is 0.762. The predicted octanol–water partition coefficient (Wildman–Crippen LogP) is 2.58. The molecule has 146 valence electrons. The van der Waals surface area contributed by atoms with E-state index >= 15 is 0 Å². The van der Waals surface area contributed by atoms with Gasteiger partial charge in [-0.2, -0.15) is 18.3 Å². The first-order chi connectivity index (χ1) is 11.8. The number of alkyl halides is 3. The second kappa shape index (κ2) is 7.02. The summed E-state index contributed by atoms with van der Waals surface area (Å²) < 4.78 is 44.6. The molecule has 1 saturated heterocycles. The normalized spacial score (nSPS) is 18.9. The Kier molecular flexibility index (Phi) is 5.51. The van der Waals surface area contributed by atoms with E-state index in [1.807, 2.05) is 0 Å². The summed E-state index contributed by atoms with van der Waals surface area (Å²) >= 11 is 0. The first kappa shape index (κ1) is 20.4. The second-order valence-corrected chi connectivity index (χ2v) is 7.53. The van der Waals surface area contributed by atoms with E-state index in [1.165, 1.54) is 11.8 Å². The lowest BCUT2D eigenvalue weighted by Crippen LogP contribution is -2.49. The summed E-state index contributed by atoms with van der Waals surface area (Å²) in [4.78, 5) is 26.5. The number of rotatable bonds is 3. The molecule has 0 saturated carbocycles. The molecule has 1 aliphatic rings. The number of Topliss-reactive ketones (excluding diaryl/α,β-unsaturated/α-hetero) is 1. The van der Waals surface area contributed by atoms with E-state index in [1.54, 1.807) is 27.7 Å². The third-order valence-corrected chi connectivity index (χ3v) is 4.36. The smallest absolute Gasteiger partial charge is 0.377 e. The summed E-state index contributed by atoms with van der Waals surface area (Å²) in [6.07, 6.45) is -4.40. The first-order valence-electron chi connectivity index (χ1n) is 8.36. The molecule has 1 aliphatic heterocycles. The zero-order chi connectivity index (χ0) is 19.9. The first-order valence-corrected chi connectivity index (χ1v) is 8.36. The fraction of sp³-hybridized carbons (Fsp3) is 0.706. The zero-order valence-electron chi connectivity index (χ0n) is 15.6. The van der Waals surface area contributed by atoms with Gasteiger partial charge in [-0.3, -0.25) is 14.3 Å². The van der Waals surface area contributed by atoms with Crippen molar-refractivity contribution in [2.75, 3.05) is 19.8 Å². The van der Waals surface area contributed by atoms with Crippen LogP contribution in [0.4, 0.5) is 13.2 Å². The average Bonchev–Trinajstić information content (AvgIpc) is 2.77. The van der Waals surface area contributed by atoms with Crippen LogP contribution in [0.3, 0.4) is 0 Å². The number of nitrogens with zero attached hydrogens (tertiary/aromatic N) is 3. The summed E-state index contributed by atoms with van der Waals surface area (Å²) in [7, 11) is 0. The Labute approximate surface area is 150 Å². The van der Waals surface area contributed by atoms with Crippen molar-refractivity contribution in [2.24, 2.45) is 5.41 Å². The third kappa shape index (κ3) is 4.25. The van der Waals surface area contributed by atoms with Gasteiger partial charge >= 0.3 is 6.18 Å². The van der Waals surface area contributed by atoms with Crippen LogP contribution in [-0.2, 0) is 20.9 Å². The van der Waals surface area contributed by atoms with Gasteiger partial charge in [0.05, 0.1) is 24.9 Å². The molecule has 0 aliphatic carbocycles. The van der Waals surface area contributed by atoms with Gasteiger partial charge in [0.2, 0.25) is 5.78 Å². The van der Waals surface area contributed by atoms with Gasteiger partial charge in [-0.15, -0.1) is 0 Å². The Morgan fingerprint density at radius 2 is 1.85 bits per heavy atom. The molecular weight excluding hydrogens is 351 g/mol. The molecule has 0 N–H and O–H groups in total. The topological polar surface area (TPSA) is 64.4 Å². The number of morpholine rings is 1. The minimum Gasteiger partial charge on any atom is -0.377 e. The Morgan fingerprint density at radius 1 is 1.23 bits per heavy atom. The SMILES string of the molecule is Cc1nn(CC(F)(F)F)c(C)c1C1COCCN1C(=O)C(=O)C(C)(C)C. The van der Waals surface area contributed by atoms with Crippen molar-refractivity contribution in [2.45, 2.75) is 53.4 Å². The van der Waals surface area contributed by atoms with Gasteiger partial charge in [0.25, 0.3) is 5.91 Å².